The predicted octanol–water partition coefficient (Wildman–Crippen LogP) is 4.79. The quantitative estimate of drug-likeness (QED) is 0.462. The number of carbonyl (C=O) groups excluding carboxylic acids is 1. The van der Waals surface area contributed by atoms with Gasteiger partial charge in [-0.2, -0.15) is 0 Å². The van der Waals surface area contributed by atoms with Crippen molar-refractivity contribution >= 4 is 35.0 Å². The van der Waals surface area contributed by atoms with Gasteiger partial charge < -0.3 is 19.4 Å². The van der Waals surface area contributed by atoms with Crippen LogP contribution in [0.2, 0.25) is 5.02 Å². The molecule has 0 saturated carbocycles. The lowest BCUT2D eigenvalue weighted by Gasteiger charge is -2.12. The van der Waals surface area contributed by atoms with Crippen LogP contribution in [0, 0.1) is 13.8 Å². The van der Waals surface area contributed by atoms with Gasteiger partial charge in [0, 0.05) is 17.8 Å². The summed E-state index contributed by atoms with van der Waals surface area (Å²) in [5.74, 6) is 2.06. The lowest BCUT2D eigenvalue weighted by Crippen LogP contribution is -2.15. The molecule has 0 spiro atoms. The summed E-state index contributed by atoms with van der Waals surface area (Å²) in [5, 5.41) is 12.4. The van der Waals surface area contributed by atoms with E-state index in [0.29, 0.717) is 39.8 Å². The van der Waals surface area contributed by atoms with Gasteiger partial charge >= 0.3 is 0 Å². The molecule has 0 bridgehead atoms. The highest BCUT2D eigenvalue weighted by molar-refractivity contribution is 7.99. The van der Waals surface area contributed by atoms with Crippen molar-refractivity contribution in [3.8, 4) is 11.5 Å². The van der Waals surface area contributed by atoms with E-state index in [0.717, 1.165) is 11.1 Å². The normalized spacial score (nSPS) is 10.7. The van der Waals surface area contributed by atoms with Crippen LogP contribution in [0.15, 0.2) is 41.6 Å². The van der Waals surface area contributed by atoms with Crippen molar-refractivity contribution in [2.45, 2.75) is 32.5 Å². The van der Waals surface area contributed by atoms with Crippen LogP contribution in [0.3, 0.4) is 0 Å². The summed E-state index contributed by atoms with van der Waals surface area (Å²) < 4.78 is 13.4. The third-order valence-electron chi connectivity index (χ3n) is 4.49. The van der Waals surface area contributed by atoms with Gasteiger partial charge in [0.2, 0.25) is 5.91 Å². The molecule has 0 radical (unpaired) electrons. The molecule has 0 fully saturated rings. The average molecular weight is 461 g/mol. The first kappa shape index (κ1) is 23.0. The van der Waals surface area contributed by atoms with E-state index in [-0.39, 0.29) is 18.3 Å². The van der Waals surface area contributed by atoms with E-state index >= 15 is 0 Å². The fraction of sp³-hybridized carbons (Fsp3) is 0.318. The number of halogens is 1. The third-order valence-corrected chi connectivity index (χ3v) is 5.74. The van der Waals surface area contributed by atoms with E-state index in [1.807, 2.05) is 56.7 Å². The number of benzene rings is 2. The number of nitrogens with zero attached hydrogens (tertiary/aromatic N) is 3. The molecular weight excluding hydrogens is 436 g/mol. The molecule has 2 aromatic carbocycles. The summed E-state index contributed by atoms with van der Waals surface area (Å²) in [5.41, 5.74) is 2.75. The van der Waals surface area contributed by atoms with Crippen molar-refractivity contribution in [3.63, 3.8) is 0 Å². The zero-order chi connectivity index (χ0) is 22.4. The van der Waals surface area contributed by atoms with Gasteiger partial charge in [-0.1, -0.05) is 35.5 Å². The maximum Gasteiger partial charge on any atom is 0.234 e. The minimum absolute atomic E-state index is 0.142. The van der Waals surface area contributed by atoms with Crippen LogP contribution in [0.5, 0.6) is 11.5 Å². The monoisotopic (exact) mass is 460 g/mol. The second kappa shape index (κ2) is 10.5. The number of carbonyl (C=O) groups is 1. The van der Waals surface area contributed by atoms with E-state index in [1.54, 1.807) is 12.1 Å². The first-order valence-electron chi connectivity index (χ1n) is 9.80. The Morgan fingerprint density at radius 1 is 1.13 bits per heavy atom. The molecule has 0 saturated heterocycles. The number of nitrogens with one attached hydrogen (secondary N) is 1. The molecule has 0 unspecified atom stereocenters. The number of hydrogen-bond acceptors (Lipinski definition) is 6. The van der Waals surface area contributed by atoms with Crippen LogP contribution in [-0.2, 0) is 18.4 Å². The molecule has 1 N–H and O–H groups in total. The van der Waals surface area contributed by atoms with Crippen LogP contribution in [0.4, 0.5) is 5.69 Å². The summed E-state index contributed by atoms with van der Waals surface area (Å²) in [6.45, 7) is 6.64. The minimum atomic E-state index is -0.142. The lowest BCUT2D eigenvalue weighted by atomic mass is 10.2. The Labute approximate surface area is 191 Å². The number of aryl methyl sites for hydroxylation is 2. The highest BCUT2D eigenvalue weighted by Crippen LogP contribution is 2.29. The van der Waals surface area contributed by atoms with Crippen LogP contribution >= 0.6 is 23.4 Å². The van der Waals surface area contributed by atoms with Gasteiger partial charge in [0.25, 0.3) is 0 Å². The Bertz CT molecular complexity index is 1070. The number of rotatable bonds is 9. The predicted molar refractivity (Wildman–Crippen MR) is 123 cm³/mol. The van der Waals surface area contributed by atoms with Gasteiger partial charge in [0.15, 0.2) is 22.5 Å². The van der Waals surface area contributed by atoms with Gasteiger partial charge in [-0.05, 0) is 56.2 Å². The first-order valence-corrected chi connectivity index (χ1v) is 11.2. The summed E-state index contributed by atoms with van der Waals surface area (Å²) in [6, 6.07) is 11.2. The molecule has 1 heterocycles. The molecule has 1 aromatic heterocycles. The molecular formula is C22H25ClN4O3S. The summed E-state index contributed by atoms with van der Waals surface area (Å²) in [7, 11) is 1.85. The largest absolute Gasteiger partial charge is 0.490 e. The van der Waals surface area contributed by atoms with Gasteiger partial charge in [-0.25, -0.2) is 0 Å². The van der Waals surface area contributed by atoms with Crippen molar-refractivity contribution in [1.82, 2.24) is 14.8 Å². The van der Waals surface area contributed by atoms with Gasteiger partial charge in [0.1, 0.15) is 6.61 Å². The molecule has 1 amide bonds. The van der Waals surface area contributed by atoms with Crippen molar-refractivity contribution in [2.75, 3.05) is 17.7 Å². The average Bonchev–Trinajstić information content (AvgIpc) is 3.08. The van der Waals surface area contributed by atoms with E-state index in [4.69, 9.17) is 21.1 Å². The molecule has 0 aliphatic heterocycles. The number of hydrogen-bond donors (Lipinski definition) is 1. The fourth-order valence-electron chi connectivity index (χ4n) is 2.79. The molecule has 0 atom stereocenters. The maximum atomic E-state index is 12.3. The fourth-order valence-corrected chi connectivity index (χ4v) is 3.69. The minimum Gasteiger partial charge on any atom is -0.490 e. The zero-order valence-corrected chi connectivity index (χ0v) is 19.5. The summed E-state index contributed by atoms with van der Waals surface area (Å²) in [4.78, 5) is 12.3. The van der Waals surface area contributed by atoms with E-state index in [9.17, 15) is 4.79 Å². The summed E-state index contributed by atoms with van der Waals surface area (Å²) in [6.07, 6.45) is 0. The van der Waals surface area contributed by atoms with Crippen molar-refractivity contribution in [3.05, 3.63) is 58.4 Å². The van der Waals surface area contributed by atoms with Crippen molar-refractivity contribution < 1.29 is 14.3 Å². The van der Waals surface area contributed by atoms with E-state index in [1.165, 1.54) is 11.8 Å². The Balaban J connectivity index is 1.58. The van der Waals surface area contributed by atoms with Gasteiger partial charge in [0.05, 0.1) is 12.4 Å². The lowest BCUT2D eigenvalue weighted by molar-refractivity contribution is -0.113. The number of anilines is 1. The molecule has 31 heavy (non-hydrogen) atoms. The second-order valence-corrected chi connectivity index (χ2v) is 8.30. The van der Waals surface area contributed by atoms with Gasteiger partial charge in [-0.15, -0.1) is 10.2 Å². The van der Waals surface area contributed by atoms with E-state index in [2.05, 4.69) is 15.5 Å². The molecule has 7 nitrogen and oxygen atoms in total. The van der Waals surface area contributed by atoms with Crippen molar-refractivity contribution in [1.29, 1.82) is 0 Å². The molecule has 3 aromatic rings. The number of aromatic nitrogens is 3. The Kier molecular flexibility index (Phi) is 7.81. The topological polar surface area (TPSA) is 78.3 Å². The Morgan fingerprint density at radius 3 is 2.71 bits per heavy atom. The molecule has 0 aliphatic carbocycles. The standard InChI is InChI=1S/C22H25ClN4O3S/c1-5-29-19-10-14(2)6-9-18(19)30-12-20-25-26-22(27(20)4)31-13-21(28)24-17-11-16(23)8-7-15(17)3/h6-11H,5,12-13H2,1-4H3,(H,24,28). The smallest absolute Gasteiger partial charge is 0.234 e. The number of ether oxygens (including phenoxy) is 2. The first-order chi connectivity index (χ1) is 14.9. The molecule has 3 rings (SSSR count). The van der Waals surface area contributed by atoms with Crippen LogP contribution < -0.4 is 14.8 Å². The highest BCUT2D eigenvalue weighted by Gasteiger charge is 2.14. The Morgan fingerprint density at radius 2 is 1.94 bits per heavy atom. The Hall–Kier alpha value is -2.71. The second-order valence-electron chi connectivity index (χ2n) is 6.93. The number of thioether (sulfide) groups is 1. The van der Waals surface area contributed by atoms with Gasteiger partial charge in [-0.3, -0.25) is 4.79 Å². The summed E-state index contributed by atoms with van der Waals surface area (Å²) >= 11 is 7.31. The molecule has 0 aliphatic rings. The number of amides is 1. The molecule has 164 valence electrons. The maximum absolute atomic E-state index is 12.3. The SMILES string of the molecule is CCOc1cc(C)ccc1OCc1nnc(SCC(=O)Nc2cc(Cl)ccc2C)n1C. The van der Waals surface area contributed by atoms with E-state index < -0.39 is 0 Å². The van der Waals surface area contributed by atoms with Crippen LogP contribution in [-0.4, -0.2) is 33.0 Å². The molecule has 9 heteroatoms. The highest BCUT2D eigenvalue weighted by atomic mass is 35.5. The van der Waals surface area contributed by atoms with Crippen molar-refractivity contribution in [2.24, 2.45) is 7.05 Å². The van der Waals surface area contributed by atoms with Crippen LogP contribution in [0.25, 0.3) is 0 Å². The zero-order valence-electron chi connectivity index (χ0n) is 17.9. The third kappa shape index (κ3) is 6.15. The van der Waals surface area contributed by atoms with Crippen LogP contribution in [0.1, 0.15) is 23.9 Å².